The maximum Gasteiger partial charge on any atom is 0.272 e. The molecule has 0 aliphatic heterocycles. The molecule has 2 amide bonds. The van der Waals surface area contributed by atoms with Gasteiger partial charge in [0.1, 0.15) is 10.8 Å². The fraction of sp³-hybridized carbons (Fsp3) is 0.143. The molecule has 7 nitrogen and oxygen atoms in total. The first-order chi connectivity index (χ1) is 10.7. The first-order valence-corrected chi connectivity index (χ1v) is 7.19. The number of nitrogens with one attached hydrogen (secondary N) is 1. The topological polar surface area (TPSA) is 115 Å². The molecule has 0 radical (unpaired) electrons. The second-order valence-corrected chi connectivity index (χ2v) is 5.95. The number of hydrogen-bond acceptors (Lipinski definition) is 5. The third-order valence-corrected chi connectivity index (χ3v) is 4.39. The van der Waals surface area contributed by atoms with Crippen molar-refractivity contribution in [3.05, 3.63) is 55.7 Å². The number of non-ortho nitro benzene ring substituents is 1. The van der Waals surface area contributed by atoms with Crippen LogP contribution in [0.3, 0.4) is 0 Å². The minimum Gasteiger partial charge on any atom is -0.365 e. The summed E-state index contributed by atoms with van der Waals surface area (Å²) in [6.45, 7) is 3.45. The molecule has 1 heterocycles. The van der Waals surface area contributed by atoms with Crippen molar-refractivity contribution < 1.29 is 18.9 Å². The van der Waals surface area contributed by atoms with E-state index < -0.39 is 28.2 Å². The molecular weight excluding hydrogens is 325 g/mol. The molecule has 0 atom stereocenters. The first kappa shape index (κ1) is 16.6. The number of thiophene rings is 1. The molecule has 9 heteroatoms. The SMILES string of the molecule is Cc1sc(NC(=O)c2ccc([N+](=O)[O-])cc2F)c(C(N)=O)c1C. The Morgan fingerprint density at radius 2 is 2.00 bits per heavy atom. The van der Waals surface area contributed by atoms with E-state index in [1.807, 2.05) is 0 Å². The van der Waals surface area contributed by atoms with Gasteiger partial charge in [-0.25, -0.2) is 4.39 Å². The van der Waals surface area contributed by atoms with Gasteiger partial charge in [0.25, 0.3) is 17.5 Å². The molecule has 0 saturated heterocycles. The zero-order valence-corrected chi connectivity index (χ0v) is 13.0. The van der Waals surface area contributed by atoms with E-state index >= 15 is 0 Å². The second kappa shape index (κ2) is 6.13. The molecule has 0 saturated carbocycles. The Bertz CT molecular complexity index is 832. The lowest BCUT2D eigenvalue weighted by Gasteiger charge is -2.06. The fourth-order valence-corrected chi connectivity index (χ4v) is 3.04. The van der Waals surface area contributed by atoms with Crippen molar-refractivity contribution in [1.82, 2.24) is 0 Å². The van der Waals surface area contributed by atoms with Crippen LogP contribution in [0.2, 0.25) is 0 Å². The summed E-state index contributed by atoms with van der Waals surface area (Å²) in [5, 5.41) is 13.2. The van der Waals surface area contributed by atoms with E-state index in [0.717, 1.165) is 28.3 Å². The summed E-state index contributed by atoms with van der Waals surface area (Å²) >= 11 is 1.14. The van der Waals surface area contributed by atoms with Crippen LogP contribution in [-0.2, 0) is 0 Å². The van der Waals surface area contributed by atoms with Gasteiger partial charge in [-0.1, -0.05) is 0 Å². The number of rotatable bonds is 4. The lowest BCUT2D eigenvalue weighted by molar-refractivity contribution is -0.385. The summed E-state index contributed by atoms with van der Waals surface area (Å²) in [5.41, 5.74) is 5.28. The fourth-order valence-electron chi connectivity index (χ4n) is 1.98. The van der Waals surface area contributed by atoms with E-state index in [2.05, 4.69) is 5.32 Å². The van der Waals surface area contributed by atoms with E-state index in [0.29, 0.717) is 11.6 Å². The molecule has 0 fully saturated rings. The monoisotopic (exact) mass is 337 g/mol. The molecule has 120 valence electrons. The number of nitro groups is 1. The number of amides is 2. The van der Waals surface area contributed by atoms with Crippen LogP contribution in [-0.4, -0.2) is 16.7 Å². The van der Waals surface area contributed by atoms with Crippen LogP contribution in [0.4, 0.5) is 15.1 Å². The number of hydrogen-bond donors (Lipinski definition) is 2. The molecule has 23 heavy (non-hydrogen) atoms. The van der Waals surface area contributed by atoms with Gasteiger partial charge in [-0.15, -0.1) is 11.3 Å². The molecule has 0 spiro atoms. The average molecular weight is 337 g/mol. The molecule has 2 rings (SSSR count). The average Bonchev–Trinajstić information content (AvgIpc) is 2.73. The van der Waals surface area contributed by atoms with Crippen molar-refractivity contribution in [2.75, 3.05) is 5.32 Å². The van der Waals surface area contributed by atoms with Crippen LogP contribution >= 0.6 is 11.3 Å². The quantitative estimate of drug-likeness (QED) is 0.659. The van der Waals surface area contributed by atoms with Crippen molar-refractivity contribution in [3.8, 4) is 0 Å². The van der Waals surface area contributed by atoms with E-state index in [1.54, 1.807) is 13.8 Å². The minimum absolute atomic E-state index is 0.170. The van der Waals surface area contributed by atoms with Gasteiger partial charge in [-0.3, -0.25) is 19.7 Å². The Balaban J connectivity index is 2.35. The van der Waals surface area contributed by atoms with Gasteiger partial charge >= 0.3 is 0 Å². The number of aryl methyl sites for hydroxylation is 1. The van der Waals surface area contributed by atoms with Crippen molar-refractivity contribution in [1.29, 1.82) is 0 Å². The molecule has 1 aromatic carbocycles. The van der Waals surface area contributed by atoms with Crippen LogP contribution in [0, 0.1) is 29.8 Å². The number of nitrogens with two attached hydrogens (primary N) is 1. The molecule has 3 N–H and O–H groups in total. The van der Waals surface area contributed by atoms with Gasteiger partial charge in [0.05, 0.1) is 22.1 Å². The molecule has 2 aromatic rings. The highest BCUT2D eigenvalue weighted by atomic mass is 32.1. The summed E-state index contributed by atoms with van der Waals surface area (Å²) < 4.78 is 13.9. The van der Waals surface area contributed by atoms with Crippen LogP contribution in [0.5, 0.6) is 0 Å². The zero-order chi connectivity index (χ0) is 17.3. The lowest BCUT2D eigenvalue weighted by Crippen LogP contribution is -2.18. The first-order valence-electron chi connectivity index (χ1n) is 6.37. The van der Waals surface area contributed by atoms with Crippen LogP contribution < -0.4 is 11.1 Å². The Labute approximate surface area is 134 Å². The Kier molecular flexibility index (Phi) is 4.41. The smallest absolute Gasteiger partial charge is 0.272 e. The zero-order valence-electron chi connectivity index (χ0n) is 12.2. The Morgan fingerprint density at radius 1 is 1.35 bits per heavy atom. The van der Waals surface area contributed by atoms with E-state index in [1.165, 1.54) is 0 Å². The third kappa shape index (κ3) is 3.19. The predicted molar refractivity (Wildman–Crippen MR) is 83.3 cm³/mol. The van der Waals surface area contributed by atoms with Gasteiger partial charge in [0.15, 0.2) is 0 Å². The third-order valence-electron chi connectivity index (χ3n) is 3.27. The summed E-state index contributed by atoms with van der Waals surface area (Å²) in [7, 11) is 0. The number of carbonyl (C=O) groups is 2. The van der Waals surface area contributed by atoms with Crippen molar-refractivity contribution in [2.45, 2.75) is 13.8 Å². The number of nitro benzene ring substituents is 1. The highest BCUT2D eigenvalue weighted by Crippen LogP contribution is 2.32. The van der Waals surface area contributed by atoms with Crippen LogP contribution in [0.15, 0.2) is 18.2 Å². The van der Waals surface area contributed by atoms with Gasteiger partial charge in [0.2, 0.25) is 0 Å². The second-order valence-electron chi connectivity index (χ2n) is 4.73. The number of benzene rings is 1. The Morgan fingerprint density at radius 3 is 2.52 bits per heavy atom. The lowest BCUT2D eigenvalue weighted by atomic mass is 10.1. The number of anilines is 1. The maximum atomic E-state index is 13.9. The van der Waals surface area contributed by atoms with E-state index in [4.69, 9.17) is 5.73 Å². The van der Waals surface area contributed by atoms with Gasteiger partial charge in [-0.05, 0) is 25.5 Å². The van der Waals surface area contributed by atoms with Crippen LogP contribution in [0.25, 0.3) is 0 Å². The van der Waals surface area contributed by atoms with Crippen molar-refractivity contribution in [3.63, 3.8) is 0 Å². The minimum atomic E-state index is -1.03. The largest absolute Gasteiger partial charge is 0.365 e. The van der Waals surface area contributed by atoms with Gasteiger partial charge in [-0.2, -0.15) is 0 Å². The van der Waals surface area contributed by atoms with Crippen molar-refractivity contribution >= 4 is 33.8 Å². The van der Waals surface area contributed by atoms with E-state index in [-0.39, 0.29) is 16.1 Å². The summed E-state index contributed by atoms with van der Waals surface area (Å²) in [6, 6.07) is 2.70. The summed E-state index contributed by atoms with van der Waals surface area (Å²) in [4.78, 5) is 34.2. The molecule has 0 aliphatic carbocycles. The highest BCUT2D eigenvalue weighted by Gasteiger charge is 2.21. The maximum absolute atomic E-state index is 13.9. The number of nitrogens with zero attached hydrogens (tertiary/aromatic N) is 1. The molecule has 0 bridgehead atoms. The summed E-state index contributed by atoms with van der Waals surface area (Å²) in [5.74, 6) is -2.55. The van der Waals surface area contributed by atoms with E-state index in [9.17, 15) is 24.1 Å². The molecule has 1 aromatic heterocycles. The normalized spacial score (nSPS) is 10.4. The van der Waals surface area contributed by atoms with Crippen molar-refractivity contribution in [2.24, 2.45) is 5.73 Å². The molecular formula is C14H12FN3O4S. The standard InChI is InChI=1S/C14H12FN3O4S/c1-6-7(2)23-14(11(6)12(16)19)17-13(20)9-4-3-8(18(21)22)5-10(9)15/h3-5H,1-2H3,(H2,16,19)(H,17,20). The number of primary amides is 1. The molecule has 0 aliphatic rings. The summed E-state index contributed by atoms with van der Waals surface area (Å²) in [6.07, 6.45) is 0. The highest BCUT2D eigenvalue weighted by molar-refractivity contribution is 7.16. The molecule has 0 unspecified atom stereocenters. The predicted octanol–water partition coefficient (Wildman–Crippen LogP) is 2.76. The number of carbonyl (C=O) groups excluding carboxylic acids is 2. The number of halogens is 1. The van der Waals surface area contributed by atoms with Crippen LogP contribution in [0.1, 0.15) is 31.2 Å². The van der Waals surface area contributed by atoms with Gasteiger partial charge in [0, 0.05) is 10.9 Å². The van der Waals surface area contributed by atoms with Gasteiger partial charge < -0.3 is 11.1 Å². The Hall–Kier alpha value is -2.81.